The molecule has 0 spiro atoms. The van der Waals surface area contributed by atoms with Crippen molar-refractivity contribution in [2.75, 3.05) is 5.75 Å². The SMILES string of the molecule is C[C@@H]1CCCC[C@H]1NC(=O)CSc1nc2c(cnn2-c2ccccc2)c(=O)[nH]1. The average Bonchev–Trinajstić information content (AvgIpc) is 3.13. The van der Waals surface area contributed by atoms with Crippen molar-refractivity contribution < 1.29 is 4.79 Å². The lowest BCUT2D eigenvalue weighted by molar-refractivity contribution is -0.119. The van der Waals surface area contributed by atoms with E-state index in [4.69, 9.17) is 0 Å². The minimum atomic E-state index is -0.254. The summed E-state index contributed by atoms with van der Waals surface area (Å²) >= 11 is 1.23. The number of H-pyrrole nitrogens is 1. The molecule has 1 amide bonds. The number of hydrogen-bond acceptors (Lipinski definition) is 5. The van der Waals surface area contributed by atoms with Crippen molar-refractivity contribution in [3.63, 3.8) is 0 Å². The molecule has 0 radical (unpaired) electrons. The number of rotatable bonds is 5. The van der Waals surface area contributed by atoms with Crippen molar-refractivity contribution in [1.29, 1.82) is 0 Å². The van der Waals surface area contributed by atoms with Gasteiger partial charge in [0, 0.05) is 6.04 Å². The fourth-order valence-corrected chi connectivity index (χ4v) is 4.30. The van der Waals surface area contributed by atoms with Crippen LogP contribution in [-0.4, -0.2) is 37.5 Å². The van der Waals surface area contributed by atoms with Gasteiger partial charge >= 0.3 is 0 Å². The lowest BCUT2D eigenvalue weighted by Crippen LogP contribution is -2.41. The van der Waals surface area contributed by atoms with E-state index in [1.54, 1.807) is 4.68 Å². The lowest BCUT2D eigenvalue weighted by atomic mass is 9.86. The minimum Gasteiger partial charge on any atom is -0.352 e. The van der Waals surface area contributed by atoms with Crippen molar-refractivity contribution in [3.8, 4) is 5.69 Å². The standard InChI is InChI=1S/C20H23N5O2S/c1-13-7-5-6-10-16(13)22-17(26)12-28-20-23-18-15(19(27)24-20)11-21-25(18)14-8-3-2-4-9-14/h2-4,8-9,11,13,16H,5-7,10,12H2,1H3,(H,22,26)(H,23,24,27)/t13-,16-/m1/s1. The summed E-state index contributed by atoms with van der Waals surface area (Å²) in [6.07, 6.45) is 6.11. The molecule has 1 saturated carbocycles. The van der Waals surface area contributed by atoms with Crippen LogP contribution in [0.1, 0.15) is 32.6 Å². The Balaban J connectivity index is 1.50. The summed E-state index contributed by atoms with van der Waals surface area (Å²) < 4.78 is 1.64. The van der Waals surface area contributed by atoms with Crippen LogP contribution in [0, 0.1) is 5.92 Å². The molecule has 7 nitrogen and oxygen atoms in total. The number of benzene rings is 1. The Bertz CT molecular complexity index is 1030. The van der Waals surface area contributed by atoms with E-state index in [0.29, 0.717) is 22.1 Å². The molecular formula is C20H23N5O2S. The molecule has 0 bridgehead atoms. The number of hydrogen-bond donors (Lipinski definition) is 2. The van der Waals surface area contributed by atoms with Crippen LogP contribution in [0.15, 0.2) is 46.5 Å². The number of thioether (sulfide) groups is 1. The summed E-state index contributed by atoms with van der Waals surface area (Å²) in [6, 6.07) is 9.78. The maximum atomic E-state index is 12.4. The number of amides is 1. The summed E-state index contributed by atoms with van der Waals surface area (Å²) in [4.78, 5) is 32.0. The second-order valence-corrected chi connectivity index (χ2v) is 8.19. The number of para-hydroxylation sites is 1. The molecule has 146 valence electrons. The van der Waals surface area contributed by atoms with Gasteiger partial charge < -0.3 is 10.3 Å². The molecule has 1 aromatic carbocycles. The minimum absolute atomic E-state index is 0.0249. The zero-order valence-electron chi connectivity index (χ0n) is 15.7. The lowest BCUT2D eigenvalue weighted by Gasteiger charge is -2.29. The predicted octanol–water partition coefficient (Wildman–Crippen LogP) is 2.90. The van der Waals surface area contributed by atoms with Gasteiger partial charge in [-0.15, -0.1) is 0 Å². The third-order valence-electron chi connectivity index (χ3n) is 5.21. The Morgan fingerprint density at radius 1 is 1.29 bits per heavy atom. The molecule has 3 aromatic rings. The van der Waals surface area contributed by atoms with E-state index in [1.165, 1.54) is 24.4 Å². The highest BCUT2D eigenvalue weighted by atomic mass is 32.2. The molecule has 0 aliphatic heterocycles. The van der Waals surface area contributed by atoms with E-state index in [0.717, 1.165) is 24.9 Å². The van der Waals surface area contributed by atoms with Crippen LogP contribution in [0.2, 0.25) is 0 Å². The summed E-state index contributed by atoms with van der Waals surface area (Å²) in [6.45, 7) is 2.19. The fourth-order valence-electron chi connectivity index (χ4n) is 3.64. The molecule has 1 fully saturated rings. The number of aromatic nitrogens is 4. The van der Waals surface area contributed by atoms with Crippen LogP contribution in [-0.2, 0) is 4.79 Å². The Labute approximate surface area is 166 Å². The Morgan fingerprint density at radius 3 is 2.86 bits per heavy atom. The van der Waals surface area contributed by atoms with Gasteiger partial charge in [-0.1, -0.05) is 49.7 Å². The first-order valence-electron chi connectivity index (χ1n) is 9.57. The number of nitrogens with one attached hydrogen (secondary N) is 2. The zero-order valence-corrected chi connectivity index (χ0v) is 16.5. The average molecular weight is 398 g/mol. The summed E-state index contributed by atoms with van der Waals surface area (Å²) in [5, 5.41) is 8.26. The van der Waals surface area contributed by atoms with Crippen LogP contribution in [0.4, 0.5) is 0 Å². The molecule has 2 aromatic heterocycles. The highest BCUT2D eigenvalue weighted by molar-refractivity contribution is 7.99. The summed E-state index contributed by atoms with van der Waals surface area (Å²) in [7, 11) is 0. The monoisotopic (exact) mass is 397 g/mol. The molecular weight excluding hydrogens is 374 g/mol. The van der Waals surface area contributed by atoms with Crippen molar-refractivity contribution in [2.45, 2.75) is 43.8 Å². The highest BCUT2D eigenvalue weighted by Gasteiger charge is 2.23. The van der Waals surface area contributed by atoms with E-state index in [1.807, 2.05) is 30.3 Å². The van der Waals surface area contributed by atoms with E-state index in [2.05, 4.69) is 27.3 Å². The van der Waals surface area contributed by atoms with Crippen LogP contribution in [0.5, 0.6) is 0 Å². The van der Waals surface area contributed by atoms with Gasteiger partial charge in [0.1, 0.15) is 5.39 Å². The van der Waals surface area contributed by atoms with Gasteiger partial charge in [-0.2, -0.15) is 5.10 Å². The quantitative estimate of drug-likeness (QED) is 0.510. The maximum absolute atomic E-state index is 12.4. The van der Waals surface area contributed by atoms with Crippen molar-refractivity contribution in [2.24, 2.45) is 5.92 Å². The number of fused-ring (bicyclic) bond motifs is 1. The van der Waals surface area contributed by atoms with Crippen LogP contribution in [0.25, 0.3) is 16.7 Å². The molecule has 0 unspecified atom stereocenters. The maximum Gasteiger partial charge on any atom is 0.262 e. The van der Waals surface area contributed by atoms with Crippen molar-refractivity contribution in [1.82, 2.24) is 25.1 Å². The third-order valence-corrected chi connectivity index (χ3v) is 6.09. The Kier molecular flexibility index (Phi) is 5.47. The zero-order chi connectivity index (χ0) is 19.5. The van der Waals surface area contributed by atoms with Gasteiger partial charge in [0.05, 0.1) is 17.6 Å². The molecule has 2 atom stereocenters. The second kappa shape index (κ2) is 8.18. The van der Waals surface area contributed by atoms with Crippen LogP contribution in [0.3, 0.4) is 0 Å². The Morgan fingerprint density at radius 2 is 2.07 bits per heavy atom. The highest BCUT2D eigenvalue weighted by Crippen LogP contribution is 2.24. The summed E-state index contributed by atoms with van der Waals surface area (Å²) in [5.41, 5.74) is 1.06. The van der Waals surface area contributed by atoms with Crippen molar-refractivity contribution >= 4 is 28.7 Å². The topological polar surface area (TPSA) is 92.7 Å². The molecule has 2 N–H and O–H groups in total. The van der Waals surface area contributed by atoms with E-state index in [-0.39, 0.29) is 23.3 Å². The van der Waals surface area contributed by atoms with Crippen LogP contribution >= 0.6 is 11.8 Å². The van der Waals surface area contributed by atoms with Crippen LogP contribution < -0.4 is 10.9 Å². The van der Waals surface area contributed by atoms with Gasteiger partial charge in [0.2, 0.25) is 5.91 Å². The van der Waals surface area contributed by atoms with E-state index >= 15 is 0 Å². The van der Waals surface area contributed by atoms with Gasteiger partial charge in [-0.3, -0.25) is 9.59 Å². The molecule has 1 aliphatic carbocycles. The number of aromatic amines is 1. The van der Waals surface area contributed by atoms with E-state index < -0.39 is 0 Å². The molecule has 4 rings (SSSR count). The third kappa shape index (κ3) is 3.96. The number of carbonyl (C=O) groups is 1. The molecule has 0 saturated heterocycles. The fraction of sp³-hybridized carbons (Fsp3) is 0.400. The van der Waals surface area contributed by atoms with Gasteiger partial charge in [0.15, 0.2) is 10.8 Å². The first-order chi connectivity index (χ1) is 13.6. The van der Waals surface area contributed by atoms with Crippen molar-refractivity contribution in [3.05, 3.63) is 46.9 Å². The van der Waals surface area contributed by atoms with Gasteiger partial charge in [-0.25, -0.2) is 9.67 Å². The largest absolute Gasteiger partial charge is 0.352 e. The number of carbonyl (C=O) groups excluding carboxylic acids is 1. The normalized spacial score (nSPS) is 19.6. The molecule has 28 heavy (non-hydrogen) atoms. The Hall–Kier alpha value is -2.61. The summed E-state index contributed by atoms with van der Waals surface area (Å²) in [5.74, 6) is 0.706. The molecule has 8 heteroatoms. The van der Waals surface area contributed by atoms with Gasteiger partial charge in [0.25, 0.3) is 5.56 Å². The first kappa shape index (κ1) is 18.7. The predicted molar refractivity (Wildman–Crippen MR) is 110 cm³/mol. The smallest absolute Gasteiger partial charge is 0.262 e. The number of nitrogens with zero attached hydrogens (tertiary/aromatic N) is 3. The second-order valence-electron chi connectivity index (χ2n) is 7.22. The first-order valence-corrected chi connectivity index (χ1v) is 10.6. The van der Waals surface area contributed by atoms with Gasteiger partial charge in [-0.05, 0) is 30.9 Å². The van der Waals surface area contributed by atoms with E-state index in [9.17, 15) is 9.59 Å². The molecule has 2 heterocycles. The molecule has 1 aliphatic rings.